The molecule has 0 spiro atoms. The average molecular weight is 387 g/mol. The van der Waals surface area contributed by atoms with Crippen molar-refractivity contribution in [3.05, 3.63) is 47.5 Å². The third kappa shape index (κ3) is 5.81. The molecule has 1 N–H and O–H groups in total. The summed E-state index contributed by atoms with van der Waals surface area (Å²) in [7, 11) is 4.75. The third-order valence-electron chi connectivity index (χ3n) is 4.31. The summed E-state index contributed by atoms with van der Waals surface area (Å²) < 4.78 is 21.7. The minimum atomic E-state index is -0.204. The molecule has 0 radical (unpaired) electrons. The molecule has 2 aromatic rings. The summed E-state index contributed by atoms with van der Waals surface area (Å²) in [6.45, 7) is 5.23. The SMILES string of the molecule is COc1ccc(CNC(=O)c2ccc(OCCC(C)C)c(OC)c2)c(OC)c1. The summed E-state index contributed by atoms with van der Waals surface area (Å²) in [4.78, 5) is 12.6. The van der Waals surface area contributed by atoms with Crippen LogP contribution in [0.25, 0.3) is 0 Å². The first kappa shape index (κ1) is 21.4. The molecule has 6 heteroatoms. The zero-order valence-electron chi connectivity index (χ0n) is 17.2. The average Bonchev–Trinajstić information content (AvgIpc) is 2.71. The van der Waals surface area contributed by atoms with Gasteiger partial charge in [-0.15, -0.1) is 0 Å². The maximum atomic E-state index is 12.6. The van der Waals surface area contributed by atoms with Gasteiger partial charge in [0.25, 0.3) is 5.91 Å². The lowest BCUT2D eigenvalue weighted by atomic mass is 10.1. The van der Waals surface area contributed by atoms with Gasteiger partial charge >= 0.3 is 0 Å². The minimum absolute atomic E-state index is 0.204. The summed E-state index contributed by atoms with van der Waals surface area (Å²) in [5.74, 6) is 2.89. The van der Waals surface area contributed by atoms with Gasteiger partial charge in [-0.05, 0) is 42.7 Å². The van der Waals surface area contributed by atoms with E-state index in [-0.39, 0.29) is 5.91 Å². The second-order valence-electron chi connectivity index (χ2n) is 6.76. The van der Waals surface area contributed by atoms with Crippen molar-refractivity contribution in [2.24, 2.45) is 5.92 Å². The van der Waals surface area contributed by atoms with E-state index in [0.717, 1.165) is 12.0 Å². The number of methoxy groups -OCH3 is 3. The van der Waals surface area contributed by atoms with Crippen molar-refractivity contribution in [1.82, 2.24) is 5.32 Å². The number of carbonyl (C=O) groups is 1. The zero-order valence-corrected chi connectivity index (χ0v) is 17.2. The van der Waals surface area contributed by atoms with Crippen LogP contribution in [0, 0.1) is 5.92 Å². The van der Waals surface area contributed by atoms with Crippen LogP contribution >= 0.6 is 0 Å². The highest BCUT2D eigenvalue weighted by Crippen LogP contribution is 2.29. The molecule has 2 rings (SSSR count). The monoisotopic (exact) mass is 387 g/mol. The fourth-order valence-electron chi connectivity index (χ4n) is 2.61. The standard InChI is InChI=1S/C22H29NO5/c1-15(2)10-11-28-19-9-7-16(12-21(19)27-5)22(24)23-14-17-6-8-18(25-3)13-20(17)26-4/h6-9,12-13,15H,10-11,14H2,1-5H3,(H,23,24). The molecular weight excluding hydrogens is 358 g/mol. The number of benzene rings is 2. The van der Waals surface area contributed by atoms with E-state index >= 15 is 0 Å². The van der Waals surface area contributed by atoms with Crippen LogP contribution < -0.4 is 24.3 Å². The first-order valence-corrected chi connectivity index (χ1v) is 9.28. The molecule has 0 aliphatic carbocycles. The van der Waals surface area contributed by atoms with E-state index in [1.165, 1.54) is 0 Å². The van der Waals surface area contributed by atoms with Crippen LogP contribution in [0.15, 0.2) is 36.4 Å². The maximum absolute atomic E-state index is 12.6. The van der Waals surface area contributed by atoms with Crippen LogP contribution in [0.5, 0.6) is 23.0 Å². The van der Waals surface area contributed by atoms with Gasteiger partial charge in [0.2, 0.25) is 0 Å². The summed E-state index contributed by atoms with van der Waals surface area (Å²) in [6, 6.07) is 10.7. The number of ether oxygens (including phenoxy) is 4. The lowest BCUT2D eigenvalue weighted by molar-refractivity contribution is 0.0950. The van der Waals surface area contributed by atoms with Gasteiger partial charge < -0.3 is 24.3 Å². The van der Waals surface area contributed by atoms with Gasteiger partial charge in [0, 0.05) is 23.7 Å². The Morgan fingerprint density at radius 1 is 0.929 bits per heavy atom. The quantitative estimate of drug-likeness (QED) is 0.666. The topological polar surface area (TPSA) is 66.0 Å². The lowest BCUT2D eigenvalue weighted by Crippen LogP contribution is -2.23. The molecule has 2 aromatic carbocycles. The predicted octanol–water partition coefficient (Wildman–Crippen LogP) is 4.07. The van der Waals surface area contributed by atoms with Crippen molar-refractivity contribution >= 4 is 5.91 Å². The fraction of sp³-hybridized carbons (Fsp3) is 0.409. The lowest BCUT2D eigenvalue weighted by Gasteiger charge is -2.14. The number of carbonyl (C=O) groups excluding carboxylic acids is 1. The van der Waals surface area contributed by atoms with Gasteiger partial charge in [-0.1, -0.05) is 13.8 Å². The molecule has 0 heterocycles. The Labute approximate surface area is 166 Å². The molecule has 0 fully saturated rings. The highest BCUT2D eigenvalue weighted by atomic mass is 16.5. The predicted molar refractivity (Wildman–Crippen MR) is 109 cm³/mol. The largest absolute Gasteiger partial charge is 0.497 e. The van der Waals surface area contributed by atoms with Gasteiger partial charge in [0.15, 0.2) is 11.5 Å². The molecule has 6 nitrogen and oxygen atoms in total. The molecule has 152 valence electrons. The Bertz CT molecular complexity index is 788. The Morgan fingerprint density at radius 2 is 1.68 bits per heavy atom. The van der Waals surface area contributed by atoms with E-state index < -0.39 is 0 Å². The molecule has 1 amide bonds. The van der Waals surface area contributed by atoms with Crippen molar-refractivity contribution in [2.45, 2.75) is 26.8 Å². The van der Waals surface area contributed by atoms with Crippen LogP contribution in [-0.2, 0) is 6.54 Å². The Balaban J connectivity index is 2.04. The molecule has 0 bridgehead atoms. The van der Waals surface area contributed by atoms with E-state index in [4.69, 9.17) is 18.9 Å². The molecule has 0 aromatic heterocycles. The molecule has 0 saturated heterocycles. The second-order valence-corrected chi connectivity index (χ2v) is 6.76. The van der Waals surface area contributed by atoms with Crippen molar-refractivity contribution < 1.29 is 23.7 Å². The first-order valence-electron chi connectivity index (χ1n) is 9.28. The summed E-state index contributed by atoms with van der Waals surface area (Å²) >= 11 is 0. The van der Waals surface area contributed by atoms with Gasteiger partial charge in [-0.3, -0.25) is 4.79 Å². The molecule has 0 aliphatic heterocycles. The Morgan fingerprint density at radius 3 is 2.32 bits per heavy atom. The number of hydrogen-bond donors (Lipinski definition) is 1. The first-order chi connectivity index (χ1) is 13.5. The number of amides is 1. The number of hydrogen-bond acceptors (Lipinski definition) is 5. The van der Waals surface area contributed by atoms with Crippen LogP contribution in [0.1, 0.15) is 36.2 Å². The van der Waals surface area contributed by atoms with E-state index in [0.29, 0.717) is 47.6 Å². The van der Waals surface area contributed by atoms with Crippen molar-refractivity contribution in [2.75, 3.05) is 27.9 Å². The highest BCUT2D eigenvalue weighted by molar-refractivity contribution is 5.94. The van der Waals surface area contributed by atoms with E-state index in [9.17, 15) is 4.79 Å². The summed E-state index contributed by atoms with van der Waals surface area (Å²) in [6.07, 6.45) is 0.953. The van der Waals surface area contributed by atoms with Crippen LogP contribution in [0.4, 0.5) is 0 Å². The van der Waals surface area contributed by atoms with Crippen LogP contribution in [0.2, 0.25) is 0 Å². The van der Waals surface area contributed by atoms with Crippen molar-refractivity contribution in [3.63, 3.8) is 0 Å². The molecular formula is C22H29NO5. The van der Waals surface area contributed by atoms with Crippen LogP contribution in [-0.4, -0.2) is 33.8 Å². The van der Waals surface area contributed by atoms with E-state index in [1.807, 2.05) is 12.1 Å². The summed E-state index contributed by atoms with van der Waals surface area (Å²) in [5, 5.41) is 2.90. The minimum Gasteiger partial charge on any atom is -0.497 e. The Kier molecular flexibility index (Phi) is 7.99. The fourth-order valence-corrected chi connectivity index (χ4v) is 2.61. The van der Waals surface area contributed by atoms with Crippen molar-refractivity contribution in [3.8, 4) is 23.0 Å². The van der Waals surface area contributed by atoms with Crippen molar-refractivity contribution in [1.29, 1.82) is 0 Å². The third-order valence-corrected chi connectivity index (χ3v) is 4.31. The smallest absolute Gasteiger partial charge is 0.251 e. The van der Waals surface area contributed by atoms with Gasteiger partial charge in [0.05, 0.1) is 27.9 Å². The van der Waals surface area contributed by atoms with Gasteiger partial charge in [-0.25, -0.2) is 0 Å². The maximum Gasteiger partial charge on any atom is 0.251 e. The van der Waals surface area contributed by atoms with E-state index in [1.54, 1.807) is 45.6 Å². The number of rotatable bonds is 10. The summed E-state index contributed by atoms with van der Waals surface area (Å²) in [5.41, 5.74) is 1.36. The molecule has 0 aliphatic rings. The van der Waals surface area contributed by atoms with Gasteiger partial charge in [-0.2, -0.15) is 0 Å². The molecule has 0 atom stereocenters. The Hall–Kier alpha value is -2.89. The number of nitrogens with one attached hydrogen (secondary N) is 1. The zero-order chi connectivity index (χ0) is 20.5. The second kappa shape index (κ2) is 10.4. The molecule has 0 saturated carbocycles. The molecule has 28 heavy (non-hydrogen) atoms. The van der Waals surface area contributed by atoms with Gasteiger partial charge in [0.1, 0.15) is 11.5 Å². The van der Waals surface area contributed by atoms with Crippen LogP contribution in [0.3, 0.4) is 0 Å². The molecule has 0 unspecified atom stereocenters. The normalized spacial score (nSPS) is 10.5. The van der Waals surface area contributed by atoms with E-state index in [2.05, 4.69) is 19.2 Å². The highest BCUT2D eigenvalue weighted by Gasteiger charge is 2.13.